The van der Waals surface area contributed by atoms with E-state index in [0.29, 0.717) is 12.5 Å². The fourth-order valence-corrected chi connectivity index (χ4v) is 3.61. The molecule has 4 heteroatoms. The Morgan fingerprint density at radius 3 is 2.42 bits per heavy atom. The van der Waals surface area contributed by atoms with Gasteiger partial charge in [0.25, 0.3) is 0 Å². The topological polar surface area (TPSA) is 22.1 Å². The van der Waals surface area contributed by atoms with Crippen LogP contribution in [0.1, 0.15) is 18.2 Å². The van der Waals surface area contributed by atoms with Gasteiger partial charge in [0, 0.05) is 21.9 Å². The van der Waals surface area contributed by atoms with Crippen molar-refractivity contribution in [3.63, 3.8) is 0 Å². The van der Waals surface area contributed by atoms with Crippen molar-refractivity contribution in [2.75, 3.05) is 12.5 Å². The number of nitrogens with zero attached hydrogens (tertiary/aromatic N) is 1. The lowest BCUT2D eigenvalue weighted by atomic mass is 10.1. The molecule has 0 spiro atoms. The van der Waals surface area contributed by atoms with Gasteiger partial charge in [-0.05, 0) is 37.1 Å². The number of rotatable bonds is 7. The molecule has 0 atom stereocenters. The molecule has 0 aliphatic carbocycles. The largest absolute Gasteiger partial charge is 0.494 e. The molecule has 2 aromatic carbocycles. The van der Waals surface area contributed by atoms with Crippen LogP contribution in [-0.2, 0) is 6.42 Å². The summed E-state index contributed by atoms with van der Waals surface area (Å²) in [7, 11) is 0. The quantitative estimate of drug-likeness (QED) is 0.379. The molecule has 0 aliphatic rings. The Morgan fingerprint density at radius 2 is 1.75 bits per heavy atom. The minimum absolute atomic E-state index is 0.624. The van der Waals surface area contributed by atoms with Gasteiger partial charge >= 0.3 is 0 Å². The summed E-state index contributed by atoms with van der Waals surface area (Å²) in [4.78, 5) is 6.20. The first kappa shape index (κ1) is 17.0. The van der Waals surface area contributed by atoms with Crippen molar-refractivity contribution in [1.82, 2.24) is 4.98 Å². The van der Waals surface area contributed by atoms with E-state index in [2.05, 4.69) is 43.3 Å². The van der Waals surface area contributed by atoms with Crippen molar-refractivity contribution >= 4 is 22.9 Å². The molecule has 0 saturated carbocycles. The zero-order chi connectivity index (χ0) is 16.8. The molecule has 0 radical (unpaired) electrons. The van der Waals surface area contributed by atoms with E-state index >= 15 is 0 Å². The zero-order valence-electron chi connectivity index (χ0n) is 13.7. The van der Waals surface area contributed by atoms with Crippen molar-refractivity contribution in [2.24, 2.45) is 0 Å². The molecule has 0 unspecified atom stereocenters. The highest BCUT2D eigenvalue weighted by Gasteiger charge is 2.13. The molecule has 124 valence electrons. The zero-order valence-corrected chi connectivity index (χ0v) is 15.2. The van der Waals surface area contributed by atoms with Gasteiger partial charge in [-0.2, -0.15) is 0 Å². The molecular weight excluding hydrogens is 338 g/mol. The smallest absolute Gasteiger partial charge is 0.124 e. The summed E-state index contributed by atoms with van der Waals surface area (Å²) >= 11 is 7.44. The summed E-state index contributed by atoms with van der Waals surface area (Å²) in [5.74, 6) is 1.50. The summed E-state index contributed by atoms with van der Waals surface area (Å²) in [6.07, 6.45) is 1.84. The average molecular weight is 358 g/mol. The molecule has 2 nitrogen and oxygen atoms in total. The van der Waals surface area contributed by atoms with Gasteiger partial charge in [-0.3, -0.25) is 0 Å². The summed E-state index contributed by atoms with van der Waals surface area (Å²) in [5, 5.41) is 1.07. The fourth-order valence-electron chi connectivity index (χ4n) is 2.47. The first-order valence-electron chi connectivity index (χ1n) is 8.16. The molecular formula is C20H20ClNOS. The van der Waals surface area contributed by atoms with Crippen LogP contribution in [0.4, 0.5) is 0 Å². The number of aryl methyl sites for hydroxylation is 1. The SMILES string of the molecule is CCc1sc(-c2ccccc2)nc1-c1ccc(OCCCCl)cc1. The van der Waals surface area contributed by atoms with E-state index in [1.165, 1.54) is 10.4 Å². The van der Waals surface area contributed by atoms with E-state index < -0.39 is 0 Å². The number of benzene rings is 2. The van der Waals surface area contributed by atoms with Crippen molar-refractivity contribution in [1.29, 1.82) is 0 Å². The maximum absolute atomic E-state index is 5.67. The van der Waals surface area contributed by atoms with Crippen molar-refractivity contribution < 1.29 is 4.74 Å². The predicted molar refractivity (Wildman–Crippen MR) is 103 cm³/mol. The lowest BCUT2D eigenvalue weighted by molar-refractivity contribution is 0.318. The highest BCUT2D eigenvalue weighted by atomic mass is 35.5. The van der Waals surface area contributed by atoms with Gasteiger partial charge in [-0.15, -0.1) is 22.9 Å². The summed E-state index contributed by atoms with van der Waals surface area (Å²) in [6, 6.07) is 18.5. The van der Waals surface area contributed by atoms with Crippen molar-refractivity contribution in [2.45, 2.75) is 19.8 Å². The molecule has 0 amide bonds. The van der Waals surface area contributed by atoms with Gasteiger partial charge in [0.05, 0.1) is 12.3 Å². The third-order valence-corrected chi connectivity index (χ3v) is 5.23. The first-order chi connectivity index (χ1) is 11.8. The van der Waals surface area contributed by atoms with Gasteiger partial charge in [0.15, 0.2) is 0 Å². The Hall–Kier alpha value is -1.84. The molecule has 3 aromatic rings. The molecule has 0 bridgehead atoms. The molecule has 0 fully saturated rings. The highest BCUT2D eigenvalue weighted by molar-refractivity contribution is 7.15. The van der Waals surface area contributed by atoms with Gasteiger partial charge in [0.2, 0.25) is 0 Å². The maximum atomic E-state index is 5.67. The number of alkyl halides is 1. The molecule has 24 heavy (non-hydrogen) atoms. The molecule has 0 N–H and O–H groups in total. The van der Waals surface area contributed by atoms with E-state index in [0.717, 1.165) is 34.9 Å². The van der Waals surface area contributed by atoms with E-state index in [1.807, 2.05) is 18.2 Å². The van der Waals surface area contributed by atoms with Crippen LogP contribution in [0.3, 0.4) is 0 Å². The Bertz CT molecular complexity index is 768. The number of aromatic nitrogens is 1. The number of ether oxygens (including phenoxy) is 1. The van der Waals surface area contributed by atoms with Crippen LogP contribution < -0.4 is 4.74 Å². The van der Waals surface area contributed by atoms with Crippen molar-refractivity contribution in [3.8, 4) is 27.6 Å². The highest BCUT2D eigenvalue weighted by Crippen LogP contribution is 2.34. The van der Waals surface area contributed by atoms with Crippen molar-refractivity contribution in [3.05, 3.63) is 59.5 Å². The number of thiazole rings is 1. The predicted octanol–water partition coefficient (Wildman–Crippen LogP) is 6.05. The maximum Gasteiger partial charge on any atom is 0.124 e. The standard InChI is InChI=1S/C20H20ClNOS/c1-2-18-19(22-20(24-18)16-7-4-3-5-8-16)15-9-11-17(12-10-15)23-14-6-13-21/h3-5,7-12H,2,6,13-14H2,1H3. The van der Waals surface area contributed by atoms with E-state index in [4.69, 9.17) is 21.3 Å². The van der Waals surface area contributed by atoms with E-state index in [9.17, 15) is 0 Å². The van der Waals surface area contributed by atoms with Crippen LogP contribution in [0.25, 0.3) is 21.8 Å². The first-order valence-corrected chi connectivity index (χ1v) is 9.51. The fraction of sp³-hybridized carbons (Fsp3) is 0.250. The van der Waals surface area contributed by atoms with Crippen LogP contribution >= 0.6 is 22.9 Å². The molecule has 3 rings (SSSR count). The number of hydrogen-bond acceptors (Lipinski definition) is 3. The molecule has 1 heterocycles. The van der Waals surface area contributed by atoms with Crippen LogP contribution in [0.15, 0.2) is 54.6 Å². The molecule has 1 aromatic heterocycles. The summed E-state index contributed by atoms with van der Waals surface area (Å²) in [6.45, 7) is 2.83. The van der Waals surface area contributed by atoms with Gasteiger partial charge in [-0.1, -0.05) is 37.3 Å². The van der Waals surface area contributed by atoms with Gasteiger partial charge in [-0.25, -0.2) is 4.98 Å². The second-order valence-electron chi connectivity index (χ2n) is 5.43. The van der Waals surface area contributed by atoms with Crippen LogP contribution in [0, 0.1) is 0 Å². The van der Waals surface area contributed by atoms with Crippen LogP contribution in [0.2, 0.25) is 0 Å². The average Bonchev–Trinajstić information content (AvgIpc) is 3.08. The monoisotopic (exact) mass is 357 g/mol. The van der Waals surface area contributed by atoms with Gasteiger partial charge < -0.3 is 4.74 Å². The molecule has 0 saturated heterocycles. The Balaban J connectivity index is 1.85. The van der Waals surface area contributed by atoms with E-state index in [-0.39, 0.29) is 0 Å². The van der Waals surface area contributed by atoms with Crippen LogP contribution in [-0.4, -0.2) is 17.5 Å². The third-order valence-electron chi connectivity index (χ3n) is 3.71. The lowest BCUT2D eigenvalue weighted by Gasteiger charge is -2.06. The van der Waals surface area contributed by atoms with Gasteiger partial charge in [0.1, 0.15) is 10.8 Å². The number of halogens is 1. The van der Waals surface area contributed by atoms with E-state index in [1.54, 1.807) is 11.3 Å². The third kappa shape index (κ3) is 3.97. The summed E-state index contributed by atoms with van der Waals surface area (Å²) < 4.78 is 5.67. The Kier molecular flexibility index (Phi) is 5.89. The second-order valence-corrected chi connectivity index (χ2v) is 6.89. The minimum atomic E-state index is 0.624. The minimum Gasteiger partial charge on any atom is -0.494 e. The van der Waals surface area contributed by atoms with Crippen LogP contribution in [0.5, 0.6) is 5.75 Å². The normalized spacial score (nSPS) is 10.8. The Labute approximate surface area is 152 Å². The number of hydrogen-bond donors (Lipinski definition) is 0. The second kappa shape index (κ2) is 8.32. The summed E-state index contributed by atoms with van der Waals surface area (Å²) in [5.41, 5.74) is 3.38. The molecule has 0 aliphatic heterocycles. The lowest BCUT2D eigenvalue weighted by Crippen LogP contribution is -1.97. The Morgan fingerprint density at radius 1 is 1.00 bits per heavy atom.